The van der Waals surface area contributed by atoms with Gasteiger partial charge in [0.05, 0.1) is 11.1 Å². The van der Waals surface area contributed by atoms with Crippen LogP contribution >= 0.6 is 11.3 Å². The number of hydrogen-bond acceptors (Lipinski definition) is 5. The van der Waals surface area contributed by atoms with E-state index in [-0.39, 0.29) is 5.56 Å². The first-order chi connectivity index (χ1) is 10.2. The number of carboxylic acid groups (broad SMARTS) is 1. The molecular formula is C15H8N2O3S. The Morgan fingerprint density at radius 2 is 2.24 bits per heavy atom. The van der Waals surface area contributed by atoms with Crippen molar-refractivity contribution in [2.24, 2.45) is 0 Å². The largest absolute Gasteiger partial charge is 0.478 e. The van der Waals surface area contributed by atoms with Crippen LogP contribution in [0.25, 0.3) is 23.3 Å². The third kappa shape index (κ3) is 2.68. The second-order valence-corrected chi connectivity index (χ2v) is 5.17. The number of nitrogens with zero attached hydrogens (tertiary/aromatic N) is 2. The first-order valence-corrected chi connectivity index (χ1v) is 6.84. The van der Waals surface area contributed by atoms with Gasteiger partial charge in [-0.25, -0.2) is 9.78 Å². The van der Waals surface area contributed by atoms with Gasteiger partial charge < -0.3 is 9.52 Å². The van der Waals surface area contributed by atoms with Crippen LogP contribution in [-0.2, 0) is 0 Å². The molecule has 0 unspecified atom stereocenters. The van der Waals surface area contributed by atoms with Gasteiger partial charge in [-0.05, 0) is 30.3 Å². The summed E-state index contributed by atoms with van der Waals surface area (Å²) in [5, 5.41) is 19.5. The number of oxazole rings is 1. The SMILES string of the molecule is N#Cc1csc(/C=C/c2nc3ccc(C(=O)O)cc3o2)c1. The van der Waals surface area contributed by atoms with Gasteiger partial charge in [0.15, 0.2) is 5.58 Å². The summed E-state index contributed by atoms with van der Waals surface area (Å²) < 4.78 is 5.49. The van der Waals surface area contributed by atoms with Crippen molar-refractivity contribution in [3.05, 3.63) is 51.5 Å². The Morgan fingerprint density at radius 3 is 2.95 bits per heavy atom. The number of carbonyl (C=O) groups is 1. The molecule has 0 saturated heterocycles. The molecular weight excluding hydrogens is 288 g/mol. The first-order valence-electron chi connectivity index (χ1n) is 5.96. The Kier molecular flexibility index (Phi) is 3.26. The lowest BCUT2D eigenvalue weighted by Crippen LogP contribution is -1.94. The molecule has 1 N–H and O–H groups in total. The Balaban J connectivity index is 1.90. The molecule has 2 heterocycles. The smallest absolute Gasteiger partial charge is 0.335 e. The highest BCUT2D eigenvalue weighted by Crippen LogP contribution is 2.20. The minimum absolute atomic E-state index is 0.158. The summed E-state index contributed by atoms with van der Waals surface area (Å²) in [6.45, 7) is 0. The van der Waals surface area contributed by atoms with Crippen LogP contribution < -0.4 is 0 Å². The number of rotatable bonds is 3. The predicted molar refractivity (Wildman–Crippen MR) is 78.9 cm³/mol. The molecule has 0 aliphatic rings. The van der Waals surface area contributed by atoms with Crippen molar-refractivity contribution in [1.82, 2.24) is 4.98 Å². The average Bonchev–Trinajstić information content (AvgIpc) is 3.10. The summed E-state index contributed by atoms with van der Waals surface area (Å²) in [6, 6.07) is 8.38. The number of nitriles is 1. The highest BCUT2D eigenvalue weighted by molar-refractivity contribution is 7.11. The number of carboxylic acids is 1. The van der Waals surface area contributed by atoms with Gasteiger partial charge >= 0.3 is 5.97 Å². The third-order valence-corrected chi connectivity index (χ3v) is 3.69. The summed E-state index contributed by atoms with van der Waals surface area (Å²) in [7, 11) is 0. The molecule has 3 rings (SSSR count). The molecule has 0 amide bonds. The molecule has 0 radical (unpaired) electrons. The zero-order valence-corrected chi connectivity index (χ0v) is 11.4. The predicted octanol–water partition coefficient (Wildman–Crippen LogP) is 3.63. The van der Waals surface area contributed by atoms with E-state index >= 15 is 0 Å². The maximum Gasteiger partial charge on any atom is 0.335 e. The molecule has 2 aromatic heterocycles. The molecule has 6 heteroatoms. The van der Waals surface area contributed by atoms with E-state index in [1.54, 1.807) is 29.7 Å². The van der Waals surface area contributed by atoms with Crippen LogP contribution in [0, 0.1) is 11.3 Å². The number of hydrogen-bond donors (Lipinski definition) is 1. The standard InChI is InChI=1S/C15H8N2O3S/c16-7-9-5-11(21-8-9)2-4-14-17-12-3-1-10(15(18)19)6-13(12)20-14/h1-6,8H,(H,18,19)/b4-2+. The lowest BCUT2D eigenvalue weighted by Gasteiger charge is -1.91. The fourth-order valence-electron chi connectivity index (χ4n) is 1.80. The highest BCUT2D eigenvalue weighted by Gasteiger charge is 2.08. The average molecular weight is 296 g/mol. The molecule has 102 valence electrons. The number of thiophene rings is 1. The van der Waals surface area contributed by atoms with E-state index in [2.05, 4.69) is 11.1 Å². The number of aromatic carboxylic acids is 1. The van der Waals surface area contributed by atoms with Gasteiger partial charge in [-0.3, -0.25) is 0 Å². The molecule has 0 bridgehead atoms. The van der Waals surface area contributed by atoms with Crippen molar-refractivity contribution < 1.29 is 14.3 Å². The maximum absolute atomic E-state index is 10.9. The van der Waals surface area contributed by atoms with E-state index in [1.165, 1.54) is 23.5 Å². The fraction of sp³-hybridized carbons (Fsp3) is 0. The highest BCUT2D eigenvalue weighted by atomic mass is 32.1. The van der Waals surface area contributed by atoms with Crippen molar-refractivity contribution in [2.45, 2.75) is 0 Å². The van der Waals surface area contributed by atoms with Crippen LogP contribution in [0.3, 0.4) is 0 Å². The van der Waals surface area contributed by atoms with Gasteiger partial charge in [0, 0.05) is 16.3 Å². The van der Waals surface area contributed by atoms with Gasteiger partial charge in [-0.2, -0.15) is 5.26 Å². The van der Waals surface area contributed by atoms with E-state index in [1.807, 2.05) is 0 Å². The minimum atomic E-state index is -1.01. The van der Waals surface area contributed by atoms with Crippen LogP contribution in [0.15, 0.2) is 34.1 Å². The molecule has 5 nitrogen and oxygen atoms in total. The van der Waals surface area contributed by atoms with Gasteiger partial charge in [0.2, 0.25) is 5.89 Å². The van der Waals surface area contributed by atoms with E-state index in [4.69, 9.17) is 14.8 Å². The van der Waals surface area contributed by atoms with E-state index in [0.717, 1.165) is 4.88 Å². The van der Waals surface area contributed by atoms with Crippen molar-refractivity contribution in [3.63, 3.8) is 0 Å². The lowest BCUT2D eigenvalue weighted by molar-refractivity contribution is 0.0697. The van der Waals surface area contributed by atoms with Crippen LogP contribution in [0.5, 0.6) is 0 Å². The van der Waals surface area contributed by atoms with Gasteiger partial charge in [0.1, 0.15) is 11.6 Å². The zero-order valence-electron chi connectivity index (χ0n) is 10.6. The van der Waals surface area contributed by atoms with Crippen LogP contribution in [-0.4, -0.2) is 16.1 Å². The van der Waals surface area contributed by atoms with Crippen molar-refractivity contribution in [2.75, 3.05) is 0 Å². The summed E-state index contributed by atoms with van der Waals surface area (Å²) in [6.07, 6.45) is 3.49. The molecule has 0 aliphatic carbocycles. The second kappa shape index (κ2) is 5.23. The molecule has 0 saturated carbocycles. The summed E-state index contributed by atoms with van der Waals surface area (Å²) in [5.74, 6) is -0.618. The van der Waals surface area contributed by atoms with Gasteiger partial charge in [0.25, 0.3) is 0 Å². The summed E-state index contributed by atoms with van der Waals surface area (Å²) in [4.78, 5) is 16.1. The van der Waals surface area contributed by atoms with Crippen molar-refractivity contribution >= 4 is 40.6 Å². The first kappa shape index (κ1) is 13.1. The Hall–Kier alpha value is -2.91. The van der Waals surface area contributed by atoms with E-state index in [0.29, 0.717) is 22.6 Å². The Labute approximate surface area is 123 Å². The normalized spacial score (nSPS) is 11.0. The minimum Gasteiger partial charge on any atom is -0.478 e. The van der Waals surface area contributed by atoms with Crippen molar-refractivity contribution in [3.8, 4) is 6.07 Å². The topological polar surface area (TPSA) is 87.1 Å². The van der Waals surface area contributed by atoms with Crippen LogP contribution in [0.2, 0.25) is 0 Å². The molecule has 1 aromatic carbocycles. The number of benzene rings is 1. The van der Waals surface area contributed by atoms with Crippen LogP contribution in [0.4, 0.5) is 0 Å². The molecule has 0 fully saturated rings. The summed E-state index contributed by atoms with van der Waals surface area (Å²) in [5.41, 5.74) is 1.80. The lowest BCUT2D eigenvalue weighted by atomic mass is 10.2. The summed E-state index contributed by atoms with van der Waals surface area (Å²) >= 11 is 1.45. The van der Waals surface area contributed by atoms with Crippen LogP contribution in [0.1, 0.15) is 26.7 Å². The molecule has 0 aliphatic heterocycles. The fourth-order valence-corrected chi connectivity index (χ4v) is 2.52. The van der Waals surface area contributed by atoms with Gasteiger partial charge in [-0.1, -0.05) is 0 Å². The van der Waals surface area contributed by atoms with Gasteiger partial charge in [-0.15, -0.1) is 11.3 Å². The molecule has 21 heavy (non-hydrogen) atoms. The number of aromatic nitrogens is 1. The van der Waals surface area contributed by atoms with Crippen molar-refractivity contribution in [1.29, 1.82) is 5.26 Å². The van der Waals surface area contributed by atoms with E-state index in [9.17, 15) is 4.79 Å². The maximum atomic E-state index is 10.9. The zero-order chi connectivity index (χ0) is 14.8. The molecule has 0 atom stereocenters. The number of fused-ring (bicyclic) bond motifs is 1. The molecule has 0 spiro atoms. The third-order valence-electron chi connectivity index (χ3n) is 2.79. The van der Waals surface area contributed by atoms with E-state index < -0.39 is 5.97 Å². The Bertz CT molecular complexity index is 899. The Morgan fingerprint density at radius 1 is 1.38 bits per heavy atom. The monoisotopic (exact) mass is 296 g/mol. The molecule has 3 aromatic rings. The second-order valence-electron chi connectivity index (χ2n) is 4.22. The quantitative estimate of drug-likeness (QED) is 0.797.